The first kappa shape index (κ1) is 17.0. The van der Waals surface area contributed by atoms with Crippen LogP contribution in [0.2, 0.25) is 0 Å². The summed E-state index contributed by atoms with van der Waals surface area (Å²) < 4.78 is 5.20. The van der Waals surface area contributed by atoms with Gasteiger partial charge in [0.25, 0.3) is 0 Å². The van der Waals surface area contributed by atoms with Gasteiger partial charge in [-0.15, -0.1) is 0 Å². The van der Waals surface area contributed by atoms with Crippen molar-refractivity contribution in [3.63, 3.8) is 0 Å². The van der Waals surface area contributed by atoms with Gasteiger partial charge < -0.3 is 9.72 Å². The second-order valence-electron chi connectivity index (χ2n) is 6.18. The van der Waals surface area contributed by atoms with E-state index in [2.05, 4.69) is 18.8 Å². The maximum atomic E-state index is 12.2. The number of aromatic amines is 1. The molecule has 0 saturated heterocycles. The van der Waals surface area contributed by atoms with Gasteiger partial charge in [0.05, 0.1) is 5.56 Å². The molecule has 25 heavy (non-hydrogen) atoms. The Balaban J connectivity index is 1.64. The van der Waals surface area contributed by atoms with Crippen LogP contribution in [0.1, 0.15) is 52.5 Å². The Labute approximate surface area is 146 Å². The number of hydrogen-bond donors (Lipinski definition) is 1. The molecule has 1 aromatic heterocycles. The van der Waals surface area contributed by atoms with Crippen LogP contribution in [-0.2, 0) is 4.74 Å². The predicted octanol–water partition coefficient (Wildman–Crippen LogP) is 4.72. The first-order valence-electron chi connectivity index (χ1n) is 8.46. The number of Topliss-reactive ketones (excluding diaryl/α,β-unsaturated/α-hetero) is 1. The molecule has 0 aliphatic heterocycles. The number of aromatic nitrogens is 1. The molecule has 3 aromatic rings. The van der Waals surface area contributed by atoms with Gasteiger partial charge in [-0.05, 0) is 24.0 Å². The van der Waals surface area contributed by atoms with Crippen molar-refractivity contribution in [3.8, 4) is 0 Å². The molecule has 0 spiro atoms. The van der Waals surface area contributed by atoms with E-state index in [9.17, 15) is 9.59 Å². The molecule has 4 nitrogen and oxygen atoms in total. The third kappa shape index (κ3) is 3.63. The van der Waals surface area contributed by atoms with Crippen molar-refractivity contribution in [2.75, 3.05) is 6.61 Å². The van der Waals surface area contributed by atoms with Crippen LogP contribution in [0.3, 0.4) is 0 Å². The number of H-pyrrole nitrogens is 1. The number of carbonyl (C=O) groups is 2. The molecular formula is C21H21NO3. The van der Waals surface area contributed by atoms with Crippen LogP contribution >= 0.6 is 0 Å². The van der Waals surface area contributed by atoms with Gasteiger partial charge in [0.15, 0.2) is 12.4 Å². The number of nitrogens with one attached hydrogen (secondary N) is 1. The van der Waals surface area contributed by atoms with E-state index in [0.29, 0.717) is 17.0 Å². The van der Waals surface area contributed by atoms with Crippen LogP contribution < -0.4 is 0 Å². The zero-order valence-electron chi connectivity index (χ0n) is 14.4. The van der Waals surface area contributed by atoms with E-state index in [4.69, 9.17) is 4.74 Å². The third-order valence-corrected chi connectivity index (χ3v) is 4.56. The molecule has 0 radical (unpaired) electrons. The van der Waals surface area contributed by atoms with Crippen LogP contribution in [0.25, 0.3) is 10.9 Å². The van der Waals surface area contributed by atoms with Gasteiger partial charge in [0.1, 0.15) is 0 Å². The van der Waals surface area contributed by atoms with Crippen LogP contribution in [0.15, 0.2) is 54.7 Å². The highest BCUT2D eigenvalue weighted by molar-refractivity contribution is 6.05. The zero-order valence-corrected chi connectivity index (χ0v) is 14.4. The Morgan fingerprint density at radius 3 is 2.52 bits per heavy atom. The highest BCUT2D eigenvalue weighted by atomic mass is 16.5. The number of benzene rings is 2. The summed E-state index contributed by atoms with van der Waals surface area (Å²) in [5.74, 6) is -0.241. The molecule has 0 unspecified atom stereocenters. The molecular weight excluding hydrogens is 314 g/mol. The van der Waals surface area contributed by atoms with Crippen LogP contribution in [0.5, 0.6) is 0 Å². The van der Waals surface area contributed by atoms with E-state index >= 15 is 0 Å². The van der Waals surface area contributed by atoms with E-state index in [0.717, 1.165) is 17.3 Å². The summed E-state index contributed by atoms with van der Waals surface area (Å²) in [6.07, 6.45) is 2.66. The lowest BCUT2D eigenvalue weighted by atomic mass is 9.97. The van der Waals surface area contributed by atoms with Gasteiger partial charge in [0, 0.05) is 22.7 Å². The number of ether oxygens (including phenoxy) is 1. The maximum absolute atomic E-state index is 12.2. The van der Waals surface area contributed by atoms with Gasteiger partial charge in [0.2, 0.25) is 0 Å². The molecule has 1 atom stereocenters. The fourth-order valence-corrected chi connectivity index (χ4v) is 2.77. The van der Waals surface area contributed by atoms with E-state index in [1.807, 2.05) is 36.4 Å². The van der Waals surface area contributed by atoms with Crippen molar-refractivity contribution in [2.24, 2.45) is 0 Å². The Morgan fingerprint density at radius 2 is 1.80 bits per heavy atom. The van der Waals surface area contributed by atoms with Crippen molar-refractivity contribution in [1.29, 1.82) is 0 Å². The predicted molar refractivity (Wildman–Crippen MR) is 98.1 cm³/mol. The minimum atomic E-state index is -0.498. The summed E-state index contributed by atoms with van der Waals surface area (Å²) >= 11 is 0. The average molecular weight is 335 g/mol. The van der Waals surface area contributed by atoms with Crippen molar-refractivity contribution >= 4 is 22.7 Å². The quantitative estimate of drug-likeness (QED) is 0.524. The average Bonchev–Trinajstić information content (AvgIpc) is 3.09. The largest absolute Gasteiger partial charge is 0.454 e. The molecule has 128 valence electrons. The van der Waals surface area contributed by atoms with E-state index < -0.39 is 5.97 Å². The molecule has 1 N–H and O–H groups in total. The number of rotatable bonds is 6. The van der Waals surface area contributed by atoms with Gasteiger partial charge in [-0.25, -0.2) is 4.79 Å². The lowest BCUT2D eigenvalue weighted by Gasteiger charge is -2.09. The fourth-order valence-electron chi connectivity index (χ4n) is 2.77. The lowest BCUT2D eigenvalue weighted by molar-refractivity contribution is 0.0477. The Morgan fingerprint density at radius 1 is 1.08 bits per heavy atom. The second kappa shape index (κ2) is 7.34. The first-order chi connectivity index (χ1) is 12.1. The normalized spacial score (nSPS) is 12.1. The number of carbonyl (C=O) groups excluding carboxylic acids is 2. The topological polar surface area (TPSA) is 59.2 Å². The lowest BCUT2D eigenvalue weighted by Crippen LogP contribution is -2.14. The highest BCUT2D eigenvalue weighted by Crippen LogP contribution is 2.20. The summed E-state index contributed by atoms with van der Waals surface area (Å²) in [6, 6.07) is 15.0. The van der Waals surface area contributed by atoms with Crippen LogP contribution in [0.4, 0.5) is 0 Å². The van der Waals surface area contributed by atoms with Gasteiger partial charge in [-0.1, -0.05) is 56.3 Å². The maximum Gasteiger partial charge on any atom is 0.340 e. The minimum Gasteiger partial charge on any atom is -0.454 e. The molecule has 3 rings (SSSR count). The molecule has 2 aromatic carbocycles. The molecule has 0 bridgehead atoms. The SMILES string of the molecule is CC[C@H](C)c1ccc(C(=O)COC(=O)c2c[nH]c3ccccc23)cc1. The van der Waals surface area contributed by atoms with E-state index in [1.54, 1.807) is 18.3 Å². The molecule has 0 aliphatic carbocycles. The number of esters is 1. The van der Waals surface area contributed by atoms with Crippen LogP contribution in [-0.4, -0.2) is 23.3 Å². The van der Waals surface area contributed by atoms with Gasteiger partial charge in [-0.2, -0.15) is 0 Å². The summed E-state index contributed by atoms with van der Waals surface area (Å²) in [4.78, 5) is 27.5. The van der Waals surface area contributed by atoms with E-state index in [1.165, 1.54) is 5.56 Å². The summed E-state index contributed by atoms with van der Waals surface area (Å²) in [5, 5.41) is 0.790. The number of ketones is 1. The summed E-state index contributed by atoms with van der Waals surface area (Å²) in [6.45, 7) is 4.02. The Bertz CT molecular complexity index is 893. The minimum absolute atomic E-state index is 0.205. The summed E-state index contributed by atoms with van der Waals surface area (Å²) in [7, 11) is 0. The van der Waals surface area contributed by atoms with Gasteiger partial charge in [-0.3, -0.25) is 4.79 Å². The van der Waals surface area contributed by atoms with Crippen molar-refractivity contribution < 1.29 is 14.3 Å². The molecule has 1 heterocycles. The van der Waals surface area contributed by atoms with Crippen molar-refractivity contribution in [2.45, 2.75) is 26.2 Å². The van der Waals surface area contributed by atoms with Crippen LogP contribution in [0, 0.1) is 0 Å². The monoisotopic (exact) mass is 335 g/mol. The number of para-hydroxylation sites is 1. The number of hydrogen-bond acceptors (Lipinski definition) is 3. The second-order valence-corrected chi connectivity index (χ2v) is 6.18. The Kier molecular flexibility index (Phi) is 4.98. The van der Waals surface area contributed by atoms with E-state index in [-0.39, 0.29) is 12.4 Å². The number of fused-ring (bicyclic) bond motifs is 1. The zero-order chi connectivity index (χ0) is 17.8. The molecule has 0 saturated carbocycles. The molecule has 0 aliphatic rings. The molecule has 0 amide bonds. The molecule has 0 fully saturated rings. The van der Waals surface area contributed by atoms with Gasteiger partial charge >= 0.3 is 5.97 Å². The van der Waals surface area contributed by atoms with Crippen molar-refractivity contribution in [1.82, 2.24) is 4.98 Å². The third-order valence-electron chi connectivity index (χ3n) is 4.56. The van der Waals surface area contributed by atoms with Crippen molar-refractivity contribution in [3.05, 3.63) is 71.4 Å². The summed E-state index contributed by atoms with van der Waals surface area (Å²) in [5.41, 5.74) is 3.06. The fraction of sp³-hybridized carbons (Fsp3) is 0.238. The Hall–Kier alpha value is -2.88. The highest BCUT2D eigenvalue weighted by Gasteiger charge is 2.15. The smallest absolute Gasteiger partial charge is 0.340 e. The first-order valence-corrected chi connectivity index (χ1v) is 8.46. The molecule has 4 heteroatoms. The standard InChI is InChI=1S/C21H21NO3/c1-3-14(2)15-8-10-16(11-9-15)20(23)13-25-21(24)18-12-22-19-7-5-4-6-17(18)19/h4-12,14,22H,3,13H2,1-2H3/t14-/m0/s1.